The smallest absolute Gasteiger partial charge is 0.252 e. The van der Waals surface area contributed by atoms with Gasteiger partial charge in [-0.2, -0.15) is 4.31 Å². The zero-order valence-corrected chi connectivity index (χ0v) is 20.7. The highest BCUT2D eigenvalue weighted by molar-refractivity contribution is 7.89. The number of hydrogen-bond donors (Lipinski definition) is 1. The van der Waals surface area contributed by atoms with Gasteiger partial charge < -0.3 is 5.32 Å². The van der Waals surface area contributed by atoms with Crippen LogP contribution in [0, 0.1) is 5.82 Å². The Balaban J connectivity index is 1.65. The molecule has 0 radical (unpaired) electrons. The summed E-state index contributed by atoms with van der Waals surface area (Å²) < 4.78 is 66.6. The van der Waals surface area contributed by atoms with Gasteiger partial charge in [0.2, 0.25) is 21.8 Å². The van der Waals surface area contributed by atoms with Crippen molar-refractivity contribution in [3.8, 4) is 0 Å². The van der Waals surface area contributed by atoms with E-state index in [9.17, 15) is 31.2 Å². The summed E-state index contributed by atoms with van der Waals surface area (Å²) in [5.41, 5.74) is 0.268. The number of hydrogen-bond acceptors (Lipinski definition) is 4. The Bertz CT molecular complexity index is 1250. The van der Waals surface area contributed by atoms with E-state index >= 15 is 0 Å². The van der Waals surface area contributed by atoms with Gasteiger partial charge in [0.25, 0.3) is 5.92 Å². The van der Waals surface area contributed by atoms with Crippen molar-refractivity contribution in [2.45, 2.75) is 43.7 Å². The van der Waals surface area contributed by atoms with Gasteiger partial charge in [0.15, 0.2) is 0 Å². The van der Waals surface area contributed by atoms with Crippen molar-refractivity contribution in [3.05, 3.63) is 64.9 Å². The lowest BCUT2D eigenvalue weighted by atomic mass is 9.87. The molecule has 194 valence electrons. The lowest BCUT2D eigenvalue weighted by Gasteiger charge is -2.38. The fourth-order valence-corrected chi connectivity index (χ4v) is 5.82. The van der Waals surface area contributed by atoms with Crippen molar-refractivity contribution in [1.82, 2.24) is 9.62 Å². The Labute approximate surface area is 212 Å². The van der Waals surface area contributed by atoms with Crippen LogP contribution in [-0.4, -0.2) is 55.3 Å². The monoisotopic (exact) mass is 543 g/mol. The molecule has 1 aliphatic carbocycles. The predicted octanol–water partition coefficient (Wildman–Crippen LogP) is 3.89. The second kappa shape index (κ2) is 10.4. The van der Waals surface area contributed by atoms with Gasteiger partial charge in [0.1, 0.15) is 11.9 Å². The van der Waals surface area contributed by atoms with Gasteiger partial charge in [0.05, 0.1) is 5.75 Å². The molecule has 2 fully saturated rings. The first kappa shape index (κ1) is 26.4. The van der Waals surface area contributed by atoms with Crippen LogP contribution >= 0.6 is 11.6 Å². The molecule has 1 heterocycles. The number of amides is 2. The largest absolute Gasteiger partial charge is 0.351 e. The zero-order valence-electron chi connectivity index (χ0n) is 19.2. The highest BCUT2D eigenvalue weighted by Gasteiger charge is 2.47. The average Bonchev–Trinajstić information content (AvgIpc) is 3.63. The van der Waals surface area contributed by atoms with E-state index in [1.807, 2.05) is 0 Å². The molecule has 7 nitrogen and oxygen atoms in total. The van der Waals surface area contributed by atoms with Gasteiger partial charge in [-0.25, -0.2) is 21.6 Å². The van der Waals surface area contributed by atoms with Gasteiger partial charge >= 0.3 is 0 Å². The number of halogens is 4. The molecule has 2 amide bonds. The van der Waals surface area contributed by atoms with Crippen LogP contribution in [0.4, 0.5) is 18.9 Å². The molecule has 12 heteroatoms. The molecule has 0 aromatic heterocycles. The summed E-state index contributed by atoms with van der Waals surface area (Å²) in [5, 5.41) is 2.70. The SMILES string of the molecule is O=C(NC1CC(F)(F)C1)C(c1ccccc1Cl)N(C(=O)CCCS(=O)(=O)N1CC1)c1cccc(F)c1. The number of nitrogens with one attached hydrogen (secondary N) is 1. The highest BCUT2D eigenvalue weighted by Crippen LogP contribution is 2.39. The minimum absolute atomic E-state index is 0.0187. The Hall–Kier alpha value is -2.63. The Kier molecular flexibility index (Phi) is 7.63. The lowest BCUT2D eigenvalue weighted by molar-refractivity contribution is -0.132. The number of nitrogens with zero attached hydrogens (tertiary/aromatic N) is 2. The van der Waals surface area contributed by atoms with Gasteiger partial charge in [-0.05, 0) is 30.7 Å². The van der Waals surface area contributed by atoms with Gasteiger partial charge in [-0.3, -0.25) is 14.5 Å². The van der Waals surface area contributed by atoms with E-state index in [0.717, 1.165) is 11.0 Å². The second-order valence-corrected chi connectivity index (χ2v) is 11.5. The quantitative estimate of drug-likeness (QED) is 0.461. The molecule has 1 atom stereocenters. The fourth-order valence-electron chi connectivity index (χ4n) is 4.18. The minimum atomic E-state index is -3.47. The summed E-state index contributed by atoms with van der Waals surface area (Å²) in [4.78, 5) is 28.0. The number of rotatable bonds is 10. The van der Waals surface area contributed by atoms with Crippen molar-refractivity contribution in [1.29, 1.82) is 0 Å². The van der Waals surface area contributed by atoms with Crippen LogP contribution in [0.3, 0.4) is 0 Å². The molecule has 1 aliphatic heterocycles. The third kappa shape index (κ3) is 6.19. The van der Waals surface area contributed by atoms with Crippen LogP contribution < -0.4 is 10.2 Å². The molecule has 0 spiro atoms. The summed E-state index contributed by atoms with van der Waals surface area (Å²) >= 11 is 6.37. The number of anilines is 1. The van der Waals surface area contributed by atoms with Crippen molar-refractivity contribution in [3.63, 3.8) is 0 Å². The number of sulfonamides is 1. The summed E-state index contributed by atoms with van der Waals surface area (Å²) in [6.07, 6.45) is -1.33. The molecule has 2 aromatic rings. The topological polar surface area (TPSA) is 86.6 Å². The van der Waals surface area contributed by atoms with E-state index < -0.39 is 58.5 Å². The Morgan fingerprint density at radius 1 is 1.14 bits per heavy atom. The molecule has 2 aliphatic rings. The first-order chi connectivity index (χ1) is 17.0. The Morgan fingerprint density at radius 3 is 2.44 bits per heavy atom. The highest BCUT2D eigenvalue weighted by atomic mass is 35.5. The van der Waals surface area contributed by atoms with Crippen molar-refractivity contribution >= 4 is 39.1 Å². The molecule has 36 heavy (non-hydrogen) atoms. The molecular formula is C24H25ClF3N3O4S. The van der Waals surface area contributed by atoms with E-state index in [1.54, 1.807) is 12.1 Å². The third-order valence-corrected chi connectivity index (χ3v) is 8.39. The van der Waals surface area contributed by atoms with E-state index in [1.165, 1.54) is 34.6 Å². The van der Waals surface area contributed by atoms with Crippen LogP contribution in [0.25, 0.3) is 0 Å². The standard InChI is InChI=1S/C24H25ClF3N3O4S/c25-20-8-2-1-7-19(20)22(23(33)29-17-14-24(27,28)15-17)31(18-6-3-5-16(26)13-18)21(32)9-4-12-36(34,35)30-10-11-30/h1-3,5-8,13,17,22H,4,9-12,14-15H2,(H,29,33). The van der Waals surface area contributed by atoms with Crippen molar-refractivity contribution in [2.75, 3.05) is 23.7 Å². The van der Waals surface area contributed by atoms with E-state index in [-0.39, 0.29) is 34.9 Å². The van der Waals surface area contributed by atoms with Gasteiger partial charge in [0, 0.05) is 54.7 Å². The van der Waals surface area contributed by atoms with Crippen LogP contribution in [0.5, 0.6) is 0 Å². The van der Waals surface area contributed by atoms with Crippen molar-refractivity contribution in [2.24, 2.45) is 0 Å². The predicted molar refractivity (Wildman–Crippen MR) is 129 cm³/mol. The molecule has 0 bridgehead atoms. The fraction of sp³-hybridized carbons (Fsp3) is 0.417. The molecular weight excluding hydrogens is 519 g/mol. The zero-order chi connectivity index (χ0) is 26.1. The third-order valence-electron chi connectivity index (χ3n) is 6.09. The first-order valence-electron chi connectivity index (χ1n) is 11.4. The maximum atomic E-state index is 14.2. The number of carbonyl (C=O) groups excluding carboxylic acids is 2. The summed E-state index contributed by atoms with van der Waals surface area (Å²) in [6, 6.07) is 9.11. The van der Waals surface area contributed by atoms with E-state index in [2.05, 4.69) is 5.32 Å². The van der Waals surface area contributed by atoms with E-state index in [0.29, 0.717) is 13.1 Å². The molecule has 2 aromatic carbocycles. The second-order valence-electron chi connectivity index (χ2n) is 8.96. The maximum Gasteiger partial charge on any atom is 0.252 e. The summed E-state index contributed by atoms with van der Waals surface area (Å²) in [6.45, 7) is 0.890. The molecule has 1 saturated heterocycles. The number of benzene rings is 2. The summed E-state index contributed by atoms with van der Waals surface area (Å²) in [7, 11) is -3.47. The van der Waals surface area contributed by atoms with Crippen LogP contribution in [-0.2, 0) is 19.6 Å². The minimum Gasteiger partial charge on any atom is -0.351 e. The lowest BCUT2D eigenvalue weighted by Crippen LogP contribution is -2.54. The summed E-state index contributed by atoms with van der Waals surface area (Å²) in [5.74, 6) is -5.18. The van der Waals surface area contributed by atoms with E-state index in [4.69, 9.17) is 11.6 Å². The molecule has 1 unspecified atom stereocenters. The first-order valence-corrected chi connectivity index (χ1v) is 13.4. The van der Waals surface area contributed by atoms with Gasteiger partial charge in [-0.1, -0.05) is 35.9 Å². The average molecular weight is 544 g/mol. The number of carbonyl (C=O) groups is 2. The number of alkyl halides is 2. The normalized spacial score (nSPS) is 18.2. The molecule has 4 rings (SSSR count). The van der Waals surface area contributed by atoms with Crippen LogP contribution in [0.2, 0.25) is 5.02 Å². The van der Waals surface area contributed by atoms with Crippen LogP contribution in [0.15, 0.2) is 48.5 Å². The molecule has 1 saturated carbocycles. The van der Waals surface area contributed by atoms with Gasteiger partial charge in [-0.15, -0.1) is 0 Å². The molecule has 1 N–H and O–H groups in total. The Morgan fingerprint density at radius 2 is 1.83 bits per heavy atom. The van der Waals surface area contributed by atoms with Crippen molar-refractivity contribution < 1.29 is 31.2 Å². The van der Waals surface area contributed by atoms with Crippen LogP contribution in [0.1, 0.15) is 37.3 Å². The maximum absolute atomic E-state index is 14.2.